The van der Waals surface area contributed by atoms with Gasteiger partial charge in [0.25, 0.3) is 5.91 Å². The summed E-state index contributed by atoms with van der Waals surface area (Å²) in [6.07, 6.45) is -7.90. The number of rotatable bonds is 9. The summed E-state index contributed by atoms with van der Waals surface area (Å²) in [4.78, 5) is 29.0. The van der Waals surface area contributed by atoms with E-state index in [9.17, 15) is 41.0 Å². The number of amides is 2. The zero-order valence-electron chi connectivity index (χ0n) is 18.8. The van der Waals surface area contributed by atoms with Crippen LogP contribution in [0.4, 0.5) is 26.3 Å². The van der Waals surface area contributed by atoms with Gasteiger partial charge in [0, 0.05) is 0 Å². The Morgan fingerprint density at radius 2 is 1.84 bits per heavy atom. The van der Waals surface area contributed by atoms with Gasteiger partial charge in [-0.25, -0.2) is 9.50 Å². The van der Waals surface area contributed by atoms with Gasteiger partial charge >= 0.3 is 12.4 Å². The van der Waals surface area contributed by atoms with Crippen LogP contribution in [0.25, 0.3) is 5.65 Å². The van der Waals surface area contributed by atoms with Crippen molar-refractivity contribution in [3.63, 3.8) is 0 Å². The third-order valence-electron chi connectivity index (χ3n) is 5.39. The van der Waals surface area contributed by atoms with Gasteiger partial charge in [0.15, 0.2) is 17.9 Å². The molecule has 1 fully saturated rings. The van der Waals surface area contributed by atoms with Crippen molar-refractivity contribution in [2.75, 3.05) is 0 Å². The fraction of sp³-hybridized carbons (Fsp3) is 0.500. The Balaban J connectivity index is 1.41. The molecule has 200 valence electrons. The minimum Gasteiger partial charge on any atom is -0.383 e. The number of carbonyl (C=O) groups is 2. The van der Waals surface area contributed by atoms with Crippen molar-refractivity contribution in [1.29, 1.82) is 0 Å². The van der Waals surface area contributed by atoms with E-state index < -0.39 is 49.3 Å². The van der Waals surface area contributed by atoms with Crippen molar-refractivity contribution in [3.8, 4) is 0 Å². The van der Waals surface area contributed by atoms with Crippen LogP contribution in [0.5, 0.6) is 0 Å². The first-order chi connectivity index (χ1) is 17.3. The summed E-state index contributed by atoms with van der Waals surface area (Å²) in [5.41, 5.74) is 0.816. The van der Waals surface area contributed by atoms with Crippen LogP contribution in [0, 0.1) is 5.92 Å². The molecule has 1 saturated carbocycles. The lowest BCUT2D eigenvalue weighted by Gasteiger charge is -2.21. The van der Waals surface area contributed by atoms with Gasteiger partial charge in [0.05, 0.1) is 43.3 Å². The molecule has 0 radical (unpaired) electrons. The third kappa shape index (κ3) is 7.14. The van der Waals surface area contributed by atoms with E-state index in [2.05, 4.69) is 30.9 Å². The molecule has 0 bridgehead atoms. The van der Waals surface area contributed by atoms with Crippen molar-refractivity contribution in [2.45, 2.75) is 56.9 Å². The molecule has 1 aliphatic carbocycles. The van der Waals surface area contributed by atoms with Crippen LogP contribution in [0.2, 0.25) is 0 Å². The predicted octanol–water partition coefficient (Wildman–Crippen LogP) is 1.69. The zero-order valence-corrected chi connectivity index (χ0v) is 18.8. The van der Waals surface area contributed by atoms with Crippen molar-refractivity contribution in [3.05, 3.63) is 41.6 Å². The number of alkyl halides is 6. The van der Waals surface area contributed by atoms with Gasteiger partial charge < -0.3 is 15.7 Å². The molecule has 3 heterocycles. The number of imidazole rings is 1. The average molecular weight is 534 g/mol. The summed E-state index contributed by atoms with van der Waals surface area (Å²) >= 11 is 0. The molecule has 2 amide bonds. The fourth-order valence-corrected chi connectivity index (χ4v) is 3.56. The summed E-state index contributed by atoms with van der Waals surface area (Å²) < 4.78 is 76.1. The van der Waals surface area contributed by atoms with Crippen molar-refractivity contribution in [1.82, 2.24) is 40.2 Å². The normalized spacial score (nSPS) is 16.0. The Kier molecular flexibility index (Phi) is 7.07. The average Bonchev–Trinajstić information content (AvgIpc) is 3.38. The highest BCUT2D eigenvalue weighted by atomic mass is 19.4. The first-order valence-corrected chi connectivity index (χ1v) is 10.9. The molecule has 1 aliphatic rings. The number of fused-ring (bicyclic) bond motifs is 1. The maximum atomic E-state index is 12.5. The molecule has 11 nitrogen and oxygen atoms in total. The highest BCUT2D eigenvalue weighted by Crippen LogP contribution is 2.41. The molecular weight excluding hydrogens is 514 g/mol. The summed E-state index contributed by atoms with van der Waals surface area (Å²) in [5.74, 6) is -1.95. The van der Waals surface area contributed by atoms with Crippen LogP contribution in [0.1, 0.15) is 47.1 Å². The van der Waals surface area contributed by atoms with E-state index >= 15 is 0 Å². The standard InChI is InChI=1S/C20H20F6N8O3/c21-19(22,23)4-14(35)18(37)31-16(10-1-2-10)11-3-15-30-12(8-33(15)28-5-11)6-27-17(36)13-7-29-34(32-13)9-20(24,25)26/h3,5,7-8,10,14,16,35H,1-2,4,6,9H2,(H,27,36)(H,31,37). The van der Waals surface area contributed by atoms with Crippen molar-refractivity contribution >= 4 is 17.5 Å². The van der Waals surface area contributed by atoms with E-state index in [4.69, 9.17) is 0 Å². The molecule has 0 aromatic carbocycles. The Labute approximate surface area is 203 Å². The molecule has 2 atom stereocenters. The maximum Gasteiger partial charge on any atom is 0.409 e. The van der Waals surface area contributed by atoms with E-state index in [1.807, 2.05) is 0 Å². The quantitative estimate of drug-likeness (QED) is 0.355. The van der Waals surface area contributed by atoms with E-state index in [0.29, 0.717) is 21.7 Å². The molecule has 4 rings (SSSR count). The summed E-state index contributed by atoms with van der Waals surface area (Å²) in [6, 6.07) is 0.896. The minimum atomic E-state index is -4.70. The molecule has 3 aromatic heterocycles. The molecule has 2 unspecified atom stereocenters. The fourth-order valence-electron chi connectivity index (χ4n) is 3.56. The molecule has 0 spiro atoms. The van der Waals surface area contributed by atoms with Gasteiger partial charge in [-0.1, -0.05) is 0 Å². The van der Waals surface area contributed by atoms with Crippen LogP contribution in [0.3, 0.4) is 0 Å². The summed E-state index contributed by atoms with van der Waals surface area (Å²) in [5, 5.41) is 25.6. The number of hydrogen-bond donors (Lipinski definition) is 3. The third-order valence-corrected chi connectivity index (χ3v) is 5.39. The lowest BCUT2D eigenvalue weighted by atomic mass is 10.0. The predicted molar refractivity (Wildman–Crippen MR) is 111 cm³/mol. The Hall–Kier alpha value is -3.76. The SMILES string of the molecule is O=C(NCc1cn2ncc(C(NC(=O)C(O)CC(F)(F)F)C3CC3)cc2n1)c1cnn(CC(F)(F)F)n1. The molecule has 0 saturated heterocycles. The number of hydrogen-bond acceptors (Lipinski definition) is 7. The summed E-state index contributed by atoms with van der Waals surface area (Å²) in [7, 11) is 0. The van der Waals surface area contributed by atoms with Crippen LogP contribution >= 0.6 is 0 Å². The first-order valence-electron chi connectivity index (χ1n) is 10.9. The molecule has 3 N–H and O–H groups in total. The van der Waals surface area contributed by atoms with Gasteiger partial charge in [-0.2, -0.15) is 41.3 Å². The number of nitrogens with zero attached hydrogens (tertiary/aromatic N) is 6. The molecule has 17 heteroatoms. The highest BCUT2D eigenvalue weighted by molar-refractivity contribution is 5.91. The number of aromatic nitrogens is 6. The van der Waals surface area contributed by atoms with E-state index in [0.717, 1.165) is 19.0 Å². The van der Waals surface area contributed by atoms with Crippen molar-refractivity contribution < 1.29 is 41.0 Å². The summed E-state index contributed by atoms with van der Waals surface area (Å²) in [6.45, 7) is -1.56. The maximum absolute atomic E-state index is 12.5. The topological polar surface area (TPSA) is 139 Å². The van der Waals surface area contributed by atoms with Crippen LogP contribution in [-0.4, -0.2) is 65.0 Å². The smallest absolute Gasteiger partial charge is 0.383 e. The van der Waals surface area contributed by atoms with Crippen LogP contribution < -0.4 is 10.6 Å². The molecule has 0 aliphatic heterocycles. The first kappa shape index (κ1) is 26.3. The largest absolute Gasteiger partial charge is 0.409 e. The lowest BCUT2D eigenvalue weighted by molar-refractivity contribution is -0.163. The van der Waals surface area contributed by atoms with Gasteiger partial charge in [-0.05, 0) is 30.4 Å². The van der Waals surface area contributed by atoms with Crippen LogP contribution in [-0.2, 0) is 17.9 Å². The van der Waals surface area contributed by atoms with Crippen molar-refractivity contribution in [2.24, 2.45) is 5.92 Å². The van der Waals surface area contributed by atoms with E-state index in [1.165, 1.54) is 16.9 Å². The second-order valence-electron chi connectivity index (χ2n) is 8.54. The Bertz CT molecular complexity index is 1280. The van der Waals surface area contributed by atoms with Gasteiger partial charge in [0.1, 0.15) is 6.10 Å². The van der Waals surface area contributed by atoms with Gasteiger partial charge in [-0.15, -0.1) is 5.10 Å². The second-order valence-corrected chi connectivity index (χ2v) is 8.54. The van der Waals surface area contributed by atoms with Gasteiger partial charge in [0.2, 0.25) is 5.91 Å². The number of aliphatic hydroxyl groups excluding tert-OH is 1. The zero-order chi connectivity index (χ0) is 27.0. The number of carbonyl (C=O) groups excluding carboxylic acids is 2. The number of aliphatic hydroxyl groups is 1. The monoisotopic (exact) mass is 534 g/mol. The minimum absolute atomic E-state index is 0.0363. The Morgan fingerprint density at radius 1 is 1.11 bits per heavy atom. The molecular formula is C20H20F6N8O3. The Morgan fingerprint density at radius 3 is 2.49 bits per heavy atom. The number of halogens is 6. The van der Waals surface area contributed by atoms with E-state index in [1.54, 1.807) is 6.07 Å². The lowest BCUT2D eigenvalue weighted by Crippen LogP contribution is -2.40. The molecule has 3 aromatic rings. The van der Waals surface area contributed by atoms with E-state index in [-0.39, 0.29) is 18.2 Å². The van der Waals surface area contributed by atoms with Gasteiger partial charge in [-0.3, -0.25) is 9.59 Å². The van der Waals surface area contributed by atoms with Crippen LogP contribution in [0.15, 0.2) is 24.7 Å². The second kappa shape index (κ2) is 9.95. The number of nitrogens with one attached hydrogen (secondary N) is 2. The highest BCUT2D eigenvalue weighted by Gasteiger charge is 2.38. The molecule has 37 heavy (non-hydrogen) atoms.